The molecule has 2 nitrogen and oxygen atoms in total. The topological polar surface area (TPSA) is 15.3 Å². The van der Waals surface area contributed by atoms with E-state index in [4.69, 9.17) is 11.6 Å². The van der Waals surface area contributed by atoms with Crippen LogP contribution in [0.5, 0.6) is 0 Å². The van der Waals surface area contributed by atoms with Crippen LogP contribution < -0.4 is 10.2 Å². The first-order valence-corrected chi connectivity index (χ1v) is 8.46. The molecule has 0 aromatic heterocycles. The van der Waals surface area contributed by atoms with Gasteiger partial charge in [0, 0.05) is 31.4 Å². The zero-order valence-corrected chi connectivity index (χ0v) is 14.1. The van der Waals surface area contributed by atoms with Gasteiger partial charge < -0.3 is 10.2 Å². The van der Waals surface area contributed by atoms with Crippen molar-refractivity contribution in [3.63, 3.8) is 0 Å². The van der Waals surface area contributed by atoms with Gasteiger partial charge in [0.25, 0.3) is 0 Å². The quantitative estimate of drug-likeness (QED) is 0.818. The molecular weight excluding hydrogens is 276 g/mol. The molecule has 0 saturated heterocycles. The zero-order chi connectivity index (χ0) is 14.4. The molecule has 1 aromatic rings. The summed E-state index contributed by atoms with van der Waals surface area (Å²) in [6.07, 6.45) is 2.13. The van der Waals surface area contributed by atoms with Crippen molar-refractivity contribution >= 4 is 29.1 Å². The number of hydrogen-bond donors (Lipinski definition) is 1. The van der Waals surface area contributed by atoms with Gasteiger partial charge in [0.1, 0.15) is 0 Å². The predicted molar refractivity (Wildman–Crippen MR) is 89.7 cm³/mol. The molecule has 0 spiro atoms. The maximum Gasteiger partial charge on any atom is 0.0642 e. The molecule has 108 valence electrons. The lowest BCUT2D eigenvalue weighted by Crippen LogP contribution is -2.31. The summed E-state index contributed by atoms with van der Waals surface area (Å²) in [6, 6.07) is 7.30. The molecular formula is C15H25ClN2S. The Balaban J connectivity index is 2.76. The molecule has 4 heteroatoms. The Morgan fingerprint density at radius 2 is 2.00 bits per heavy atom. The van der Waals surface area contributed by atoms with E-state index in [-0.39, 0.29) is 0 Å². The summed E-state index contributed by atoms with van der Waals surface area (Å²) in [5, 5.41) is 4.24. The van der Waals surface area contributed by atoms with Crippen molar-refractivity contribution in [3.8, 4) is 0 Å². The van der Waals surface area contributed by atoms with Crippen LogP contribution in [-0.4, -0.2) is 31.1 Å². The SMILES string of the molecule is CSCC(C)N(C)c1ccc(CNC(C)C)cc1Cl. The number of hydrogen-bond acceptors (Lipinski definition) is 3. The molecule has 0 aliphatic rings. The fraction of sp³-hybridized carbons (Fsp3) is 0.600. The molecule has 1 unspecified atom stereocenters. The highest BCUT2D eigenvalue weighted by Crippen LogP contribution is 2.28. The fourth-order valence-corrected chi connectivity index (χ4v) is 2.90. The average Bonchev–Trinajstić information content (AvgIpc) is 2.36. The van der Waals surface area contributed by atoms with Gasteiger partial charge in [0.15, 0.2) is 0 Å². The summed E-state index contributed by atoms with van der Waals surface area (Å²) in [6.45, 7) is 7.38. The fourth-order valence-electron chi connectivity index (χ4n) is 1.86. The van der Waals surface area contributed by atoms with Crippen LogP contribution >= 0.6 is 23.4 Å². The van der Waals surface area contributed by atoms with E-state index < -0.39 is 0 Å². The highest BCUT2D eigenvalue weighted by molar-refractivity contribution is 7.98. The number of thioether (sulfide) groups is 1. The summed E-state index contributed by atoms with van der Waals surface area (Å²) in [5.41, 5.74) is 2.34. The van der Waals surface area contributed by atoms with Crippen molar-refractivity contribution in [3.05, 3.63) is 28.8 Å². The van der Waals surface area contributed by atoms with Crippen molar-refractivity contribution in [1.82, 2.24) is 5.32 Å². The molecule has 0 fully saturated rings. The number of benzene rings is 1. The van der Waals surface area contributed by atoms with Crippen LogP contribution in [0.3, 0.4) is 0 Å². The Labute approximate surface area is 126 Å². The standard InChI is InChI=1S/C15H25ClN2S/c1-11(2)17-9-13-6-7-15(14(16)8-13)18(4)12(3)10-19-5/h6-8,11-12,17H,9-10H2,1-5H3. The molecule has 0 aliphatic carbocycles. The maximum atomic E-state index is 6.41. The van der Waals surface area contributed by atoms with Crippen molar-refractivity contribution in [2.24, 2.45) is 0 Å². The molecule has 1 N–H and O–H groups in total. The minimum Gasteiger partial charge on any atom is -0.370 e. The molecule has 0 aliphatic heterocycles. The van der Waals surface area contributed by atoms with Crippen LogP contribution in [-0.2, 0) is 6.54 Å². The van der Waals surface area contributed by atoms with Gasteiger partial charge in [-0.25, -0.2) is 0 Å². The second-order valence-corrected chi connectivity index (χ2v) is 6.55. The van der Waals surface area contributed by atoms with Crippen LogP contribution in [0.25, 0.3) is 0 Å². The van der Waals surface area contributed by atoms with E-state index >= 15 is 0 Å². The Hall–Kier alpha value is -0.380. The molecule has 0 heterocycles. The first-order valence-electron chi connectivity index (χ1n) is 6.69. The lowest BCUT2D eigenvalue weighted by Gasteiger charge is -2.27. The van der Waals surface area contributed by atoms with E-state index in [2.05, 4.69) is 62.5 Å². The van der Waals surface area contributed by atoms with Crippen LogP contribution in [0.4, 0.5) is 5.69 Å². The van der Waals surface area contributed by atoms with Crippen LogP contribution in [0, 0.1) is 0 Å². The summed E-state index contributed by atoms with van der Waals surface area (Å²) < 4.78 is 0. The lowest BCUT2D eigenvalue weighted by atomic mass is 10.1. The summed E-state index contributed by atoms with van der Waals surface area (Å²) >= 11 is 8.27. The van der Waals surface area contributed by atoms with Crippen LogP contribution in [0.2, 0.25) is 5.02 Å². The third-order valence-corrected chi connectivity index (χ3v) is 4.29. The molecule has 0 saturated carbocycles. The average molecular weight is 301 g/mol. The third kappa shape index (κ3) is 5.25. The van der Waals surface area contributed by atoms with Crippen molar-refractivity contribution in [2.75, 3.05) is 24.0 Å². The molecule has 1 aromatic carbocycles. The van der Waals surface area contributed by atoms with Gasteiger partial charge in [-0.3, -0.25) is 0 Å². The molecule has 0 radical (unpaired) electrons. The summed E-state index contributed by atoms with van der Waals surface area (Å²) in [4.78, 5) is 2.25. The number of nitrogens with zero attached hydrogens (tertiary/aromatic N) is 1. The largest absolute Gasteiger partial charge is 0.370 e. The minimum absolute atomic E-state index is 0.479. The van der Waals surface area contributed by atoms with Crippen molar-refractivity contribution < 1.29 is 0 Å². The van der Waals surface area contributed by atoms with Crippen molar-refractivity contribution in [2.45, 2.75) is 39.4 Å². The predicted octanol–water partition coefficient (Wildman–Crippen LogP) is 4.03. The first-order chi connectivity index (χ1) is 8.95. The summed E-state index contributed by atoms with van der Waals surface area (Å²) in [7, 11) is 2.11. The Morgan fingerprint density at radius 3 is 2.53 bits per heavy atom. The molecule has 1 rings (SSSR count). The monoisotopic (exact) mass is 300 g/mol. The molecule has 19 heavy (non-hydrogen) atoms. The Kier molecular flexibility index (Phi) is 7.05. The van der Waals surface area contributed by atoms with Crippen molar-refractivity contribution in [1.29, 1.82) is 0 Å². The number of rotatable bonds is 7. The third-order valence-electron chi connectivity index (χ3n) is 3.18. The number of halogens is 1. The Bertz CT molecular complexity index is 396. The van der Waals surface area contributed by atoms with Gasteiger partial charge in [-0.2, -0.15) is 11.8 Å². The normalized spacial score (nSPS) is 12.8. The van der Waals surface area contributed by atoms with Crippen LogP contribution in [0.1, 0.15) is 26.3 Å². The van der Waals surface area contributed by atoms with E-state index in [0.717, 1.165) is 23.0 Å². The highest BCUT2D eigenvalue weighted by atomic mass is 35.5. The minimum atomic E-state index is 0.479. The Morgan fingerprint density at radius 1 is 1.32 bits per heavy atom. The van der Waals surface area contributed by atoms with E-state index in [0.29, 0.717) is 12.1 Å². The second-order valence-electron chi connectivity index (χ2n) is 5.24. The van der Waals surface area contributed by atoms with Gasteiger partial charge in [0.05, 0.1) is 10.7 Å². The second kappa shape index (κ2) is 8.03. The van der Waals surface area contributed by atoms with E-state index in [1.165, 1.54) is 5.56 Å². The zero-order valence-electron chi connectivity index (χ0n) is 12.5. The maximum absolute atomic E-state index is 6.41. The van der Waals surface area contributed by atoms with Gasteiger partial charge >= 0.3 is 0 Å². The van der Waals surface area contributed by atoms with Gasteiger partial charge in [-0.1, -0.05) is 31.5 Å². The molecule has 1 atom stereocenters. The summed E-state index contributed by atoms with van der Waals surface area (Å²) in [5.74, 6) is 1.10. The number of nitrogens with one attached hydrogen (secondary N) is 1. The molecule has 0 bridgehead atoms. The first kappa shape index (κ1) is 16.7. The lowest BCUT2D eigenvalue weighted by molar-refractivity contribution is 0.589. The number of anilines is 1. The van der Waals surface area contributed by atoms with Gasteiger partial charge in [0.2, 0.25) is 0 Å². The molecule has 0 amide bonds. The smallest absolute Gasteiger partial charge is 0.0642 e. The highest BCUT2D eigenvalue weighted by Gasteiger charge is 2.12. The van der Waals surface area contributed by atoms with Gasteiger partial charge in [-0.05, 0) is 30.9 Å². The van der Waals surface area contributed by atoms with E-state index in [9.17, 15) is 0 Å². The van der Waals surface area contributed by atoms with Gasteiger partial charge in [-0.15, -0.1) is 0 Å². The van der Waals surface area contributed by atoms with E-state index in [1.54, 1.807) is 0 Å². The van der Waals surface area contributed by atoms with E-state index in [1.807, 2.05) is 11.8 Å². The van der Waals surface area contributed by atoms with Crippen LogP contribution in [0.15, 0.2) is 18.2 Å².